The zero-order chi connectivity index (χ0) is 38.5. The fourth-order valence-electron chi connectivity index (χ4n) is 6.94. The normalized spacial score (nSPS) is 23.5. The number of halogens is 1. The van der Waals surface area contributed by atoms with E-state index < -0.39 is 74.0 Å². The summed E-state index contributed by atoms with van der Waals surface area (Å²) < 4.78 is 40.0. The Morgan fingerprint density at radius 1 is 1.11 bits per heavy atom. The fraction of sp³-hybridized carbons (Fsp3) is 0.432. The van der Waals surface area contributed by atoms with Gasteiger partial charge in [-0.3, -0.25) is 29.3 Å². The van der Waals surface area contributed by atoms with E-state index in [1.54, 1.807) is 29.2 Å². The predicted octanol–water partition coefficient (Wildman–Crippen LogP) is 4.14. The Hall–Kier alpha value is -4.73. The minimum Gasteiger partial charge on any atom is -0.494 e. The number of sulfonamides is 1. The van der Waals surface area contributed by atoms with E-state index >= 15 is 0 Å². The smallest absolute Gasteiger partial charge is 0.335 e. The second kappa shape index (κ2) is 14.3. The maximum Gasteiger partial charge on any atom is 0.335 e. The van der Waals surface area contributed by atoms with Crippen molar-refractivity contribution in [1.29, 1.82) is 0 Å². The number of ether oxygens (including phenoxy) is 2. The monoisotopic (exact) mass is 767 g/mol. The molecular weight excluding hydrogens is 726 g/mol. The molecule has 3 fully saturated rings. The van der Waals surface area contributed by atoms with Crippen molar-refractivity contribution >= 4 is 61.8 Å². The number of carbonyl (C=O) groups excluding carboxylic acids is 3. The molecule has 0 bridgehead atoms. The van der Waals surface area contributed by atoms with Crippen LogP contribution in [0.1, 0.15) is 56.8 Å². The lowest BCUT2D eigenvalue weighted by atomic mass is 9.85. The molecule has 282 valence electrons. The quantitative estimate of drug-likeness (QED) is 0.182. The number of rotatable bonds is 13. The van der Waals surface area contributed by atoms with Crippen molar-refractivity contribution in [1.82, 2.24) is 19.9 Å². The molecule has 3 amide bonds. The van der Waals surface area contributed by atoms with Gasteiger partial charge in [-0.1, -0.05) is 38.4 Å². The van der Waals surface area contributed by atoms with E-state index in [2.05, 4.69) is 26.9 Å². The molecule has 2 aliphatic carbocycles. The largest absolute Gasteiger partial charge is 0.494 e. The number of aromatic carboxylic acids is 1. The highest BCUT2D eigenvalue weighted by Gasteiger charge is 2.67. The SMILES string of the molecule is C=C[C@@H]1C[C@@]1(C(=O)NS(=O)(=O)C1CC1)N1C[C@H](Oc2ncc(OC)c3ccc(Cl)cc23)C[C@H]1C(=O)NC(=O)[C@H](Nc1ccc(C(=O)O)cc1)C(C)(C)C. The van der Waals surface area contributed by atoms with Crippen molar-refractivity contribution in [3.05, 3.63) is 71.9 Å². The van der Waals surface area contributed by atoms with Crippen molar-refractivity contribution < 1.29 is 42.2 Å². The molecule has 0 unspecified atom stereocenters. The van der Waals surface area contributed by atoms with E-state index in [0.717, 1.165) is 0 Å². The number of pyridine rings is 1. The molecule has 0 spiro atoms. The van der Waals surface area contributed by atoms with Gasteiger partial charge in [0.15, 0.2) is 0 Å². The number of benzene rings is 2. The third-order valence-corrected chi connectivity index (χ3v) is 12.1. The highest BCUT2D eigenvalue weighted by atomic mass is 35.5. The second-order valence-electron chi connectivity index (χ2n) is 14.8. The van der Waals surface area contributed by atoms with Crippen LogP contribution in [0.3, 0.4) is 0 Å². The molecule has 14 nitrogen and oxygen atoms in total. The van der Waals surface area contributed by atoms with Crippen LogP contribution >= 0.6 is 11.6 Å². The van der Waals surface area contributed by atoms with Gasteiger partial charge in [-0.2, -0.15) is 0 Å². The minimum atomic E-state index is -3.93. The topological polar surface area (TPSA) is 193 Å². The first-order valence-corrected chi connectivity index (χ1v) is 19.1. The summed E-state index contributed by atoms with van der Waals surface area (Å²) in [4.78, 5) is 59.5. The Bertz CT molecular complexity index is 2080. The predicted molar refractivity (Wildman–Crippen MR) is 197 cm³/mol. The van der Waals surface area contributed by atoms with Gasteiger partial charge < -0.3 is 19.9 Å². The number of anilines is 1. The summed E-state index contributed by atoms with van der Waals surface area (Å²) in [6, 6.07) is 8.96. The van der Waals surface area contributed by atoms with Gasteiger partial charge >= 0.3 is 5.97 Å². The van der Waals surface area contributed by atoms with E-state index in [0.29, 0.717) is 40.1 Å². The summed E-state index contributed by atoms with van der Waals surface area (Å²) in [5, 5.41) is 16.0. The molecule has 2 heterocycles. The number of nitrogens with zero attached hydrogens (tertiary/aromatic N) is 2. The Labute approximate surface area is 312 Å². The van der Waals surface area contributed by atoms with Crippen LogP contribution in [0.4, 0.5) is 5.69 Å². The minimum absolute atomic E-state index is 0.0140. The summed E-state index contributed by atoms with van der Waals surface area (Å²) >= 11 is 6.33. The highest BCUT2D eigenvalue weighted by molar-refractivity contribution is 7.91. The number of hydrogen-bond acceptors (Lipinski definition) is 11. The lowest BCUT2D eigenvalue weighted by molar-refractivity contribution is -0.136. The van der Waals surface area contributed by atoms with Crippen LogP contribution in [0.15, 0.2) is 61.3 Å². The lowest BCUT2D eigenvalue weighted by Gasteiger charge is -2.34. The summed E-state index contributed by atoms with van der Waals surface area (Å²) in [6.45, 7) is 9.31. The van der Waals surface area contributed by atoms with Crippen molar-refractivity contribution in [2.75, 3.05) is 19.0 Å². The van der Waals surface area contributed by atoms with Gasteiger partial charge in [0.2, 0.25) is 27.7 Å². The van der Waals surface area contributed by atoms with Crippen LogP contribution in [0.2, 0.25) is 5.02 Å². The average molecular weight is 768 g/mol. The third kappa shape index (κ3) is 7.69. The molecule has 3 aliphatic rings. The molecule has 4 N–H and O–H groups in total. The molecule has 16 heteroatoms. The van der Waals surface area contributed by atoms with Crippen molar-refractivity contribution in [3.8, 4) is 11.6 Å². The first kappa shape index (κ1) is 38.0. The molecule has 1 saturated heterocycles. The summed E-state index contributed by atoms with van der Waals surface area (Å²) in [6.07, 6.45) is 3.46. The zero-order valence-electron chi connectivity index (χ0n) is 29.7. The molecule has 1 aromatic heterocycles. The molecule has 6 rings (SSSR count). The molecule has 53 heavy (non-hydrogen) atoms. The Balaban J connectivity index is 1.30. The van der Waals surface area contributed by atoms with Crippen molar-refractivity contribution in [2.45, 2.75) is 75.4 Å². The number of likely N-dealkylation sites (tertiary alicyclic amines) is 1. The Morgan fingerprint density at radius 2 is 1.81 bits per heavy atom. The highest BCUT2D eigenvalue weighted by Crippen LogP contribution is 2.53. The van der Waals surface area contributed by atoms with Gasteiger partial charge in [0.1, 0.15) is 23.4 Å². The number of imide groups is 1. The zero-order valence-corrected chi connectivity index (χ0v) is 31.3. The van der Waals surface area contributed by atoms with Gasteiger partial charge in [0.05, 0.1) is 30.2 Å². The van der Waals surface area contributed by atoms with E-state index in [1.165, 1.54) is 37.6 Å². The summed E-state index contributed by atoms with van der Waals surface area (Å²) in [5.74, 6) is -3.01. The molecule has 1 aliphatic heterocycles. The lowest BCUT2D eigenvalue weighted by Crippen LogP contribution is -2.59. The molecule has 3 aromatic rings. The van der Waals surface area contributed by atoms with Gasteiger partial charge in [0, 0.05) is 40.4 Å². The number of carboxylic acids is 1. The number of hydrogen-bond donors (Lipinski definition) is 4. The average Bonchev–Trinajstić information content (AvgIpc) is 4.03. The van der Waals surface area contributed by atoms with E-state index in [9.17, 15) is 32.7 Å². The number of carbonyl (C=O) groups is 4. The molecule has 2 saturated carbocycles. The van der Waals surface area contributed by atoms with Crippen LogP contribution in [0.5, 0.6) is 11.6 Å². The maximum absolute atomic E-state index is 14.3. The third-order valence-electron chi connectivity index (χ3n) is 10.0. The maximum atomic E-state index is 14.3. The van der Waals surface area contributed by atoms with Crippen LogP contribution < -0.4 is 24.8 Å². The first-order valence-electron chi connectivity index (χ1n) is 17.2. The number of aromatic nitrogens is 1. The van der Waals surface area contributed by atoms with Crippen molar-refractivity contribution in [3.63, 3.8) is 0 Å². The van der Waals surface area contributed by atoms with Crippen LogP contribution in [0, 0.1) is 11.3 Å². The Morgan fingerprint density at radius 3 is 2.40 bits per heavy atom. The van der Waals surface area contributed by atoms with E-state index in [1.807, 2.05) is 20.8 Å². The molecule has 5 atom stereocenters. The number of fused-ring (bicyclic) bond motifs is 1. The number of carboxylic acid groups (broad SMARTS) is 1. The standard InChI is InChI=1S/C37H42ClN5O9S/c1-6-21-17-37(21,35(48)42-53(49,50)25-12-13-25)43-19-24(52-33-27-15-22(38)9-14-26(27)29(51-5)18-39-33)16-28(43)31(44)41-32(45)30(36(2,3)4)40-23-10-7-20(8-11-23)34(46)47/h6-11,14-15,18,21,24-25,28,30,40H,1,12-13,16-17,19H2,2-5H3,(H,42,48)(H,46,47)(H,41,44,45)/t21-,24-,28+,30+,37-/m1/s1. The van der Waals surface area contributed by atoms with Gasteiger partial charge in [-0.15, -0.1) is 6.58 Å². The molecule has 2 aromatic carbocycles. The number of methoxy groups -OCH3 is 1. The van der Waals surface area contributed by atoms with Crippen LogP contribution in [-0.2, 0) is 24.4 Å². The van der Waals surface area contributed by atoms with Gasteiger partial charge in [-0.05, 0) is 67.1 Å². The second-order valence-corrected chi connectivity index (χ2v) is 17.2. The van der Waals surface area contributed by atoms with E-state index in [-0.39, 0.29) is 30.8 Å². The fourth-order valence-corrected chi connectivity index (χ4v) is 8.47. The van der Waals surface area contributed by atoms with Crippen LogP contribution in [0.25, 0.3) is 10.8 Å². The summed E-state index contributed by atoms with van der Waals surface area (Å²) in [7, 11) is -2.42. The number of nitrogens with one attached hydrogen (secondary N) is 3. The van der Waals surface area contributed by atoms with Crippen molar-refractivity contribution in [2.24, 2.45) is 11.3 Å². The van der Waals surface area contributed by atoms with Gasteiger partial charge in [-0.25, -0.2) is 18.2 Å². The molecule has 0 radical (unpaired) electrons. The summed E-state index contributed by atoms with van der Waals surface area (Å²) in [5.41, 5.74) is -1.63. The number of amides is 3. The van der Waals surface area contributed by atoms with Gasteiger partial charge in [0.25, 0.3) is 5.91 Å². The molecular formula is C37H42ClN5O9S. The first-order chi connectivity index (χ1) is 25.0. The Kier molecular flexibility index (Phi) is 10.2. The van der Waals surface area contributed by atoms with E-state index in [4.69, 9.17) is 21.1 Å². The van der Waals surface area contributed by atoms with Crippen LogP contribution in [-0.4, -0.2) is 89.7 Å².